The Morgan fingerprint density at radius 2 is 2.04 bits per heavy atom. The first-order valence-electron chi connectivity index (χ1n) is 9.18. The molecule has 2 heterocycles. The lowest BCUT2D eigenvalue weighted by Gasteiger charge is -2.19. The maximum absolute atomic E-state index is 13.1. The van der Waals surface area contributed by atoms with Crippen LogP contribution in [-0.2, 0) is 11.3 Å². The second-order valence-electron chi connectivity index (χ2n) is 7.62. The van der Waals surface area contributed by atoms with Crippen molar-refractivity contribution in [3.05, 3.63) is 65.7 Å². The maximum Gasteiger partial charge on any atom is 0.253 e. The molecule has 140 valence electrons. The summed E-state index contributed by atoms with van der Waals surface area (Å²) in [4.78, 5) is 33.2. The number of hydrogen-bond donors (Lipinski definition) is 0. The number of rotatable bonds is 4. The van der Waals surface area contributed by atoms with E-state index >= 15 is 0 Å². The highest BCUT2D eigenvalue weighted by Crippen LogP contribution is 2.59. The van der Waals surface area contributed by atoms with E-state index < -0.39 is 0 Å². The predicted molar refractivity (Wildman–Crippen MR) is 98.2 cm³/mol. The summed E-state index contributed by atoms with van der Waals surface area (Å²) in [6.45, 7) is 1.73. The highest BCUT2D eigenvalue weighted by molar-refractivity contribution is 5.94. The van der Waals surface area contributed by atoms with E-state index in [1.807, 2.05) is 18.2 Å². The highest BCUT2D eigenvalue weighted by Gasteiger charge is 2.61. The largest absolute Gasteiger partial charge is 0.340 e. The second kappa shape index (κ2) is 6.76. The van der Waals surface area contributed by atoms with Crippen molar-refractivity contribution in [2.75, 3.05) is 20.1 Å². The van der Waals surface area contributed by atoms with E-state index in [2.05, 4.69) is 4.98 Å². The molecule has 4 rings (SSSR count). The second-order valence-corrected chi connectivity index (χ2v) is 7.62. The topological polar surface area (TPSA) is 53.5 Å². The summed E-state index contributed by atoms with van der Waals surface area (Å²) in [5.41, 5.74) is 1.26. The molecule has 1 saturated carbocycles. The normalized spacial score (nSPS) is 23.5. The van der Waals surface area contributed by atoms with Gasteiger partial charge in [0.25, 0.3) is 5.91 Å². The first-order valence-corrected chi connectivity index (χ1v) is 9.18. The molecule has 2 aliphatic rings. The van der Waals surface area contributed by atoms with Crippen LogP contribution in [0.2, 0.25) is 0 Å². The number of halogens is 1. The van der Waals surface area contributed by atoms with Crippen molar-refractivity contribution in [1.29, 1.82) is 0 Å². The van der Waals surface area contributed by atoms with E-state index in [0.29, 0.717) is 25.2 Å². The Labute approximate surface area is 157 Å². The van der Waals surface area contributed by atoms with Crippen LogP contribution in [0.3, 0.4) is 0 Å². The van der Waals surface area contributed by atoms with Crippen LogP contribution < -0.4 is 0 Å². The minimum atomic E-state index is -0.353. The summed E-state index contributed by atoms with van der Waals surface area (Å²) in [5.74, 6) is -0.353. The summed E-state index contributed by atoms with van der Waals surface area (Å²) in [6, 6.07) is 11.3. The van der Waals surface area contributed by atoms with Crippen molar-refractivity contribution >= 4 is 11.8 Å². The van der Waals surface area contributed by atoms with Crippen molar-refractivity contribution in [3.8, 4) is 0 Å². The number of hydrogen-bond acceptors (Lipinski definition) is 3. The van der Waals surface area contributed by atoms with Gasteiger partial charge in [0.1, 0.15) is 5.82 Å². The third-order valence-corrected chi connectivity index (χ3v) is 5.75. The third kappa shape index (κ3) is 3.44. The molecule has 2 fully saturated rings. The van der Waals surface area contributed by atoms with E-state index in [-0.39, 0.29) is 29.0 Å². The summed E-state index contributed by atoms with van der Waals surface area (Å²) in [5, 5.41) is 0. The lowest BCUT2D eigenvalue weighted by atomic mass is 10.0. The van der Waals surface area contributed by atoms with Crippen molar-refractivity contribution in [2.24, 2.45) is 11.3 Å². The molecule has 1 aromatic heterocycles. The molecule has 0 bridgehead atoms. The van der Waals surface area contributed by atoms with Crippen LogP contribution in [0.15, 0.2) is 48.7 Å². The van der Waals surface area contributed by atoms with Crippen molar-refractivity contribution < 1.29 is 14.0 Å². The van der Waals surface area contributed by atoms with Crippen molar-refractivity contribution in [3.63, 3.8) is 0 Å². The van der Waals surface area contributed by atoms with Gasteiger partial charge in [-0.25, -0.2) is 4.39 Å². The summed E-state index contributed by atoms with van der Waals surface area (Å²) >= 11 is 0. The molecule has 27 heavy (non-hydrogen) atoms. The van der Waals surface area contributed by atoms with Crippen LogP contribution >= 0.6 is 0 Å². The lowest BCUT2D eigenvalue weighted by Crippen LogP contribution is -2.32. The van der Waals surface area contributed by atoms with Gasteiger partial charge in [0, 0.05) is 43.2 Å². The van der Waals surface area contributed by atoms with Gasteiger partial charge in [-0.1, -0.05) is 6.07 Å². The number of carbonyl (C=O) groups excluding carboxylic acids is 2. The molecular formula is C21H22FN3O2. The fourth-order valence-corrected chi connectivity index (χ4v) is 4.07. The zero-order valence-electron chi connectivity index (χ0n) is 15.3. The molecule has 1 saturated heterocycles. The predicted octanol–water partition coefficient (Wildman–Crippen LogP) is 2.73. The fourth-order valence-electron chi connectivity index (χ4n) is 4.07. The van der Waals surface area contributed by atoms with E-state index in [4.69, 9.17) is 0 Å². The summed E-state index contributed by atoms with van der Waals surface area (Å²) < 4.78 is 13.1. The van der Waals surface area contributed by atoms with Crippen LogP contribution in [-0.4, -0.2) is 46.7 Å². The summed E-state index contributed by atoms with van der Waals surface area (Å²) in [6.07, 6.45) is 3.39. The average molecular weight is 367 g/mol. The molecule has 0 N–H and O–H groups in total. The van der Waals surface area contributed by atoms with Crippen LogP contribution in [0.25, 0.3) is 0 Å². The lowest BCUT2D eigenvalue weighted by molar-refractivity contribution is -0.132. The Morgan fingerprint density at radius 1 is 1.26 bits per heavy atom. The maximum atomic E-state index is 13.1. The summed E-state index contributed by atoms with van der Waals surface area (Å²) in [7, 11) is 1.80. The molecular weight excluding hydrogens is 345 g/mol. The molecule has 1 aromatic carbocycles. The smallest absolute Gasteiger partial charge is 0.253 e. The molecule has 2 atom stereocenters. The standard InChI is InChI=1S/C21H22FN3O2/c1-24(13-17-4-2-3-10-23-17)20(27)18-12-21(18)9-11-25(14-21)19(26)15-5-7-16(22)8-6-15/h2-8,10,18H,9,11-14H2,1H3/t18-,21-/m1/s1. The molecule has 0 unspecified atom stereocenters. The van der Waals surface area contributed by atoms with Gasteiger partial charge in [-0.15, -0.1) is 0 Å². The molecule has 0 radical (unpaired) electrons. The first kappa shape index (κ1) is 17.6. The quantitative estimate of drug-likeness (QED) is 0.835. The average Bonchev–Trinajstić information content (AvgIpc) is 3.21. The number of likely N-dealkylation sites (tertiary alicyclic amines) is 1. The number of carbonyl (C=O) groups is 2. The van der Waals surface area contributed by atoms with Crippen LogP contribution in [0.5, 0.6) is 0 Å². The van der Waals surface area contributed by atoms with E-state index in [1.54, 1.807) is 23.0 Å². The monoisotopic (exact) mass is 367 g/mol. The van der Waals surface area contributed by atoms with E-state index in [9.17, 15) is 14.0 Å². The Balaban J connectivity index is 1.37. The minimum absolute atomic E-state index is 0.0303. The van der Waals surface area contributed by atoms with Gasteiger partial charge >= 0.3 is 0 Å². The van der Waals surface area contributed by atoms with E-state index in [0.717, 1.165) is 18.5 Å². The van der Waals surface area contributed by atoms with E-state index in [1.165, 1.54) is 24.3 Å². The molecule has 2 amide bonds. The first-order chi connectivity index (χ1) is 13.0. The SMILES string of the molecule is CN(Cc1ccccn1)C(=O)[C@H]1C[C@@]12CCN(C(=O)c1ccc(F)cc1)C2. The number of amides is 2. The highest BCUT2D eigenvalue weighted by atomic mass is 19.1. The minimum Gasteiger partial charge on any atom is -0.340 e. The number of benzene rings is 1. The number of nitrogens with zero attached hydrogens (tertiary/aromatic N) is 3. The number of aromatic nitrogens is 1. The van der Waals surface area contributed by atoms with Crippen molar-refractivity contribution in [1.82, 2.24) is 14.8 Å². The van der Waals surface area contributed by atoms with Crippen LogP contribution in [0.1, 0.15) is 28.9 Å². The molecule has 6 heteroatoms. The van der Waals surface area contributed by atoms with Gasteiger partial charge in [0.05, 0.1) is 12.2 Å². The Kier molecular flexibility index (Phi) is 4.42. The number of pyridine rings is 1. The van der Waals surface area contributed by atoms with Gasteiger partial charge < -0.3 is 9.80 Å². The van der Waals surface area contributed by atoms with Crippen LogP contribution in [0.4, 0.5) is 4.39 Å². The van der Waals surface area contributed by atoms with Gasteiger partial charge in [-0.2, -0.15) is 0 Å². The molecule has 5 nitrogen and oxygen atoms in total. The molecule has 1 spiro atoms. The molecule has 2 aromatic rings. The Bertz CT molecular complexity index is 855. The zero-order valence-corrected chi connectivity index (χ0v) is 15.3. The zero-order chi connectivity index (χ0) is 19.0. The third-order valence-electron chi connectivity index (χ3n) is 5.75. The van der Waals surface area contributed by atoms with Gasteiger partial charge in [0.15, 0.2) is 0 Å². The molecule has 1 aliphatic carbocycles. The van der Waals surface area contributed by atoms with Gasteiger partial charge in [0.2, 0.25) is 5.91 Å². The van der Waals surface area contributed by atoms with Crippen molar-refractivity contribution in [2.45, 2.75) is 19.4 Å². The molecule has 1 aliphatic heterocycles. The van der Waals surface area contributed by atoms with Gasteiger partial charge in [-0.05, 0) is 49.2 Å². The Morgan fingerprint density at radius 3 is 2.74 bits per heavy atom. The Hall–Kier alpha value is -2.76. The fraction of sp³-hybridized carbons (Fsp3) is 0.381. The van der Waals surface area contributed by atoms with Crippen LogP contribution in [0, 0.1) is 17.2 Å². The van der Waals surface area contributed by atoms with Gasteiger partial charge in [-0.3, -0.25) is 14.6 Å².